The number of nitrogens with one attached hydrogen (secondary N) is 2. The molecular formula is C22H26FN5O. The van der Waals surface area contributed by atoms with Gasteiger partial charge in [-0.05, 0) is 43.0 Å². The second-order valence-corrected chi connectivity index (χ2v) is 7.68. The molecule has 4 rings (SSSR count). The van der Waals surface area contributed by atoms with Crippen molar-refractivity contribution in [2.24, 2.45) is 17.6 Å². The van der Waals surface area contributed by atoms with Crippen molar-refractivity contribution in [3.8, 4) is 0 Å². The summed E-state index contributed by atoms with van der Waals surface area (Å²) in [5, 5.41) is 7.79. The summed E-state index contributed by atoms with van der Waals surface area (Å²) in [6.07, 6.45) is 7.50. The Kier molecular flexibility index (Phi) is 5.58. The minimum Gasteiger partial charge on any atom is -0.366 e. The monoisotopic (exact) mass is 395 g/mol. The van der Waals surface area contributed by atoms with E-state index >= 15 is 0 Å². The van der Waals surface area contributed by atoms with Gasteiger partial charge in [0.1, 0.15) is 17.5 Å². The average molecular weight is 395 g/mol. The summed E-state index contributed by atoms with van der Waals surface area (Å²) >= 11 is 0. The third-order valence-electron chi connectivity index (χ3n) is 5.83. The second-order valence-electron chi connectivity index (χ2n) is 7.68. The zero-order valence-electron chi connectivity index (χ0n) is 16.5. The van der Waals surface area contributed by atoms with Crippen LogP contribution in [0.3, 0.4) is 0 Å². The highest BCUT2D eigenvalue weighted by Gasteiger charge is 2.32. The van der Waals surface area contributed by atoms with Crippen LogP contribution in [0.15, 0.2) is 42.3 Å². The third-order valence-corrected chi connectivity index (χ3v) is 5.83. The van der Waals surface area contributed by atoms with Crippen molar-refractivity contribution in [3.05, 3.63) is 53.6 Å². The van der Waals surface area contributed by atoms with Crippen molar-refractivity contribution in [1.82, 2.24) is 15.3 Å². The fourth-order valence-electron chi connectivity index (χ4n) is 4.35. The molecule has 6 nitrogen and oxygen atoms in total. The largest absolute Gasteiger partial charge is 0.366 e. The van der Waals surface area contributed by atoms with Crippen molar-refractivity contribution in [2.45, 2.75) is 32.2 Å². The van der Waals surface area contributed by atoms with Crippen LogP contribution in [-0.4, -0.2) is 35.0 Å². The highest BCUT2D eigenvalue weighted by molar-refractivity contribution is 6.07. The van der Waals surface area contributed by atoms with Crippen LogP contribution in [0.5, 0.6) is 0 Å². The Morgan fingerprint density at radius 1 is 1.38 bits per heavy atom. The van der Waals surface area contributed by atoms with Crippen LogP contribution in [-0.2, 0) is 6.42 Å². The van der Waals surface area contributed by atoms with E-state index in [1.54, 1.807) is 12.1 Å². The smallest absolute Gasteiger partial charge is 0.250 e. The number of hydrogen-bond acceptors (Lipinski definition) is 5. The maximum Gasteiger partial charge on any atom is 0.250 e. The van der Waals surface area contributed by atoms with Gasteiger partial charge in [-0.1, -0.05) is 25.1 Å². The Balaban J connectivity index is 1.70. The summed E-state index contributed by atoms with van der Waals surface area (Å²) in [7, 11) is 0. The summed E-state index contributed by atoms with van der Waals surface area (Å²) in [6.45, 7) is 3.66. The first-order chi connectivity index (χ1) is 14.1. The van der Waals surface area contributed by atoms with Gasteiger partial charge < -0.3 is 16.4 Å². The molecule has 1 fully saturated rings. The SMILES string of the molecule is CCc1nc(N[C@@H]2CNCC[C@H]2C2C=CC=C(F)C2)c2cccc(C(N)=O)c2n1. The lowest BCUT2D eigenvalue weighted by molar-refractivity contribution is 0.100. The molecule has 29 heavy (non-hydrogen) atoms. The maximum atomic E-state index is 13.9. The molecule has 1 aromatic carbocycles. The van der Waals surface area contributed by atoms with E-state index in [1.165, 1.54) is 6.08 Å². The Morgan fingerprint density at radius 2 is 2.24 bits per heavy atom. The lowest BCUT2D eigenvalue weighted by atomic mass is 9.78. The van der Waals surface area contributed by atoms with Crippen LogP contribution >= 0.6 is 0 Å². The number of halogens is 1. The summed E-state index contributed by atoms with van der Waals surface area (Å²) in [6, 6.07) is 5.47. The first kappa shape index (κ1) is 19.5. The number of nitrogens with zero attached hydrogens (tertiary/aromatic N) is 2. The predicted octanol–water partition coefficient (Wildman–Crippen LogP) is 3.11. The Hall–Kier alpha value is -2.80. The number of para-hydroxylation sites is 1. The van der Waals surface area contributed by atoms with E-state index < -0.39 is 5.91 Å². The van der Waals surface area contributed by atoms with E-state index in [4.69, 9.17) is 10.7 Å². The van der Waals surface area contributed by atoms with Crippen LogP contribution in [0, 0.1) is 11.8 Å². The van der Waals surface area contributed by atoms with Gasteiger partial charge in [-0.3, -0.25) is 4.79 Å². The molecule has 0 radical (unpaired) electrons. The Bertz CT molecular complexity index is 987. The molecule has 2 aromatic rings. The highest BCUT2D eigenvalue weighted by Crippen LogP contribution is 2.34. The molecule has 152 valence electrons. The molecule has 4 N–H and O–H groups in total. The average Bonchev–Trinajstić information content (AvgIpc) is 2.73. The van der Waals surface area contributed by atoms with Crippen LogP contribution in [0.25, 0.3) is 10.9 Å². The fourth-order valence-corrected chi connectivity index (χ4v) is 4.35. The number of carbonyl (C=O) groups excluding carboxylic acids is 1. The topological polar surface area (TPSA) is 92.9 Å². The normalized spacial score (nSPS) is 24.3. The number of benzene rings is 1. The minimum atomic E-state index is -0.505. The molecule has 7 heteroatoms. The Labute approximate surface area is 169 Å². The molecule has 0 saturated carbocycles. The number of amides is 1. The molecule has 0 bridgehead atoms. The zero-order valence-corrected chi connectivity index (χ0v) is 16.5. The summed E-state index contributed by atoms with van der Waals surface area (Å²) in [4.78, 5) is 21.1. The van der Waals surface area contributed by atoms with E-state index in [1.807, 2.05) is 19.1 Å². The second kappa shape index (κ2) is 8.29. The van der Waals surface area contributed by atoms with Crippen LogP contribution < -0.4 is 16.4 Å². The first-order valence-electron chi connectivity index (χ1n) is 10.2. The number of rotatable bonds is 5. The van der Waals surface area contributed by atoms with Gasteiger partial charge in [0.2, 0.25) is 0 Å². The zero-order chi connectivity index (χ0) is 20.4. The molecule has 1 unspecified atom stereocenters. The highest BCUT2D eigenvalue weighted by atomic mass is 19.1. The number of hydrogen-bond donors (Lipinski definition) is 3. The van der Waals surface area contributed by atoms with E-state index in [9.17, 15) is 9.18 Å². The van der Waals surface area contributed by atoms with Gasteiger partial charge in [0.25, 0.3) is 5.91 Å². The molecule has 1 amide bonds. The quantitative estimate of drug-likeness (QED) is 0.723. The maximum absolute atomic E-state index is 13.9. The molecule has 0 spiro atoms. The van der Waals surface area contributed by atoms with Gasteiger partial charge >= 0.3 is 0 Å². The van der Waals surface area contributed by atoms with Crippen molar-refractivity contribution in [1.29, 1.82) is 0 Å². The molecule has 1 saturated heterocycles. The third kappa shape index (κ3) is 4.00. The van der Waals surface area contributed by atoms with Crippen LogP contribution in [0.2, 0.25) is 0 Å². The number of fused-ring (bicyclic) bond motifs is 1. The first-order valence-corrected chi connectivity index (χ1v) is 10.2. The Morgan fingerprint density at radius 3 is 3.00 bits per heavy atom. The summed E-state index contributed by atoms with van der Waals surface area (Å²) in [5.41, 5.74) is 6.52. The number of anilines is 1. The lowest BCUT2D eigenvalue weighted by Gasteiger charge is -2.38. The van der Waals surface area contributed by atoms with Crippen molar-refractivity contribution < 1.29 is 9.18 Å². The van der Waals surface area contributed by atoms with Crippen molar-refractivity contribution >= 4 is 22.6 Å². The van der Waals surface area contributed by atoms with Gasteiger partial charge in [0, 0.05) is 30.8 Å². The van der Waals surface area contributed by atoms with Crippen molar-refractivity contribution in [2.75, 3.05) is 18.4 Å². The molecule has 1 aromatic heterocycles. The molecule has 3 atom stereocenters. The fraction of sp³-hybridized carbons (Fsp3) is 0.409. The number of primary amides is 1. The number of aryl methyl sites for hydroxylation is 1. The van der Waals surface area contributed by atoms with Gasteiger partial charge in [-0.2, -0.15) is 0 Å². The van der Waals surface area contributed by atoms with Gasteiger partial charge in [0.15, 0.2) is 0 Å². The van der Waals surface area contributed by atoms with E-state index in [-0.39, 0.29) is 23.7 Å². The van der Waals surface area contributed by atoms with Gasteiger partial charge in [0.05, 0.1) is 11.1 Å². The van der Waals surface area contributed by atoms with Crippen LogP contribution in [0.4, 0.5) is 10.2 Å². The molecule has 1 aliphatic heterocycles. The molecule has 2 heterocycles. The number of aromatic nitrogens is 2. The van der Waals surface area contributed by atoms with E-state index in [2.05, 4.69) is 21.7 Å². The predicted molar refractivity (Wildman–Crippen MR) is 112 cm³/mol. The molecular weight excluding hydrogens is 369 g/mol. The number of piperidine rings is 1. The number of carbonyl (C=O) groups is 1. The minimum absolute atomic E-state index is 0.0679. The summed E-state index contributed by atoms with van der Waals surface area (Å²) in [5.74, 6) is 1.21. The molecule has 2 aliphatic rings. The van der Waals surface area contributed by atoms with Gasteiger partial charge in [-0.15, -0.1) is 0 Å². The number of allylic oxidation sites excluding steroid dienone is 4. The van der Waals surface area contributed by atoms with E-state index in [0.717, 1.165) is 24.9 Å². The van der Waals surface area contributed by atoms with E-state index in [0.29, 0.717) is 35.6 Å². The van der Waals surface area contributed by atoms with Crippen molar-refractivity contribution in [3.63, 3.8) is 0 Å². The van der Waals surface area contributed by atoms with Gasteiger partial charge in [-0.25, -0.2) is 14.4 Å². The number of nitrogens with two attached hydrogens (primary N) is 1. The lowest BCUT2D eigenvalue weighted by Crippen LogP contribution is -2.48. The molecule has 1 aliphatic carbocycles. The summed E-state index contributed by atoms with van der Waals surface area (Å²) < 4.78 is 13.9. The van der Waals surface area contributed by atoms with Crippen LogP contribution in [0.1, 0.15) is 35.9 Å². The standard InChI is InChI=1S/C22H26FN5O/c1-2-19-27-20-16(21(24)29)7-4-8-17(20)22(28-19)26-18-12-25-10-9-15(18)13-5-3-6-14(23)11-13/h3-8,13,15,18,25H,2,9-12H2,1H3,(H2,24,29)(H,26,27,28)/t13?,15-,18+/m0/s1.